The molecule has 0 spiro atoms. The Kier molecular flexibility index (Phi) is 5.54. The van der Waals surface area contributed by atoms with Crippen LogP contribution in [0.15, 0.2) is 17.2 Å². The van der Waals surface area contributed by atoms with E-state index >= 15 is 0 Å². The van der Waals surface area contributed by atoms with Gasteiger partial charge in [-0.2, -0.15) is 5.26 Å². The molecule has 2 fully saturated rings. The summed E-state index contributed by atoms with van der Waals surface area (Å²) in [5.41, 5.74) is 0.0818. The quantitative estimate of drug-likeness (QED) is 0.830. The average molecular weight is 366 g/mol. The van der Waals surface area contributed by atoms with Crippen molar-refractivity contribution in [3.05, 3.63) is 17.8 Å². The molecule has 2 saturated heterocycles. The lowest BCUT2D eigenvalue weighted by Crippen LogP contribution is -2.46. The Balaban J connectivity index is 1.61. The number of ether oxygens (including phenoxy) is 2. The molecule has 9 heteroatoms. The number of primary sulfonamides is 1. The Morgan fingerprint density at radius 2 is 1.96 bits per heavy atom. The molecule has 0 saturated carbocycles. The van der Waals surface area contributed by atoms with Crippen LogP contribution in [0.4, 0.5) is 0 Å². The minimum Gasteiger partial charge on any atom is -0.473 e. The number of likely N-dealkylation sites (tertiary alicyclic amines) is 1. The molecule has 1 aromatic heterocycles. The van der Waals surface area contributed by atoms with Gasteiger partial charge in [-0.3, -0.25) is 4.90 Å². The molecule has 0 aliphatic carbocycles. The molecule has 0 unspecified atom stereocenters. The molecule has 136 valence electrons. The molecule has 0 aromatic carbocycles. The number of piperidine rings is 1. The zero-order valence-electron chi connectivity index (χ0n) is 13.9. The first kappa shape index (κ1) is 18.1. The zero-order valence-corrected chi connectivity index (χ0v) is 14.7. The van der Waals surface area contributed by atoms with Crippen LogP contribution in [-0.4, -0.2) is 56.8 Å². The maximum atomic E-state index is 11.4. The van der Waals surface area contributed by atoms with Gasteiger partial charge < -0.3 is 9.47 Å². The van der Waals surface area contributed by atoms with E-state index in [4.69, 9.17) is 14.6 Å². The summed E-state index contributed by atoms with van der Waals surface area (Å²) in [6.07, 6.45) is 4.93. The van der Waals surface area contributed by atoms with Gasteiger partial charge in [-0.15, -0.1) is 0 Å². The molecule has 2 N–H and O–H groups in total. The summed E-state index contributed by atoms with van der Waals surface area (Å²) >= 11 is 0. The Morgan fingerprint density at radius 1 is 1.28 bits per heavy atom. The number of nitrogens with two attached hydrogens (primary N) is 1. The maximum absolute atomic E-state index is 11.4. The minimum absolute atomic E-state index is 0.0315. The summed E-state index contributed by atoms with van der Waals surface area (Å²) in [5.74, 6) is 0.166. The van der Waals surface area contributed by atoms with Crippen molar-refractivity contribution in [3.8, 4) is 11.9 Å². The first-order valence-electron chi connectivity index (χ1n) is 8.39. The van der Waals surface area contributed by atoms with Gasteiger partial charge >= 0.3 is 0 Å². The van der Waals surface area contributed by atoms with E-state index < -0.39 is 10.0 Å². The fourth-order valence-electron chi connectivity index (χ4n) is 3.33. The number of nitriles is 1. The van der Waals surface area contributed by atoms with Gasteiger partial charge in [0.15, 0.2) is 0 Å². The van der Waals surface area contributed by atoms with Crippen LogP contribution in [0, 0.1) is 11.3 Å². The van der Waals surface area contributed by atoms with Crippen LogP contribution in [0.2, 0.25) is 0 Å². The average Bonchev–Trinajstić information content (AvgIpc) is 2.62. The van der Waals surface area contributed by atoms with E-state index in [9.17, 15) is 13.7 Å². The van der Waals surface area contributed by atoms with E-state index in [0.717, 1.165) is 58.2 Å². The van der Waals surface area contributed by atoms with Crippen LogP contribution >= 0.6 is 0 Å². The van der Waals surface area contributed by atoms with Gasteiger partial charge in [0.2, 0.25) is 15.9 Å². The van der Waals surface area contributed by atoms with Crippen molar-refractivity contribution in [1.82, 2.24) is 9.88 Å². The lowest BCUT2D eigenvalue weighted by atomic mass is 10.0. The fraction of sp³-hybridized carbons (Fsp3) is 0.625. The lowest BCUT2D eigenvalue weighted by molar-refractivity contribution is 0.00941. The monoisotopic (exact) mass is 366 g/mol. The molecule has 0 radical (unpaired) electrons. The molecule has 25 heavy (non-hydrogen) atoms. The van der Waals surface area contributed by atoms with Crippen LogP contribution in [0.25, 0.3) is 0 Å². The van der Waals surface area contributed by atoms with Crippen molar-refractivity contribution in [3.63, 3.8) is 0 Å². The first-order valence-corrected chi connectivity index (χ1v) is 9.93. The van der Waals surface area contributed by atoms with Gasteiger partial charge in [0.05, 0.1) is 6.20 Å². The molecular formula is C16H22N4O4S. The summed E-state index contributed by atoms with van der Waals surface area (Å²) in [5, 5.41) is 14.3. The third-order valence-corrected chi connectivity index (χ3v) is 5.62. The van der Waals surface area contributed by atoms with E-state index in [2.05, 4.69) is 9.88 Å². The number of nitrogens with zero attached hydrogens (tertiary/aromatic N) is 3. The summed E-state index contributed by atoms with van der Waals surface area (Å²) in [6, 6.07) is 3.71. The van der Waals surface area contributed by atoms with Gasteiger partial charge in [-0.1, -0.05) is 0 Å². The van der Waals surface area contributed by atoms with Crippen LogP contribution in [0.1, 0.15) is 31.2 Å². The zero-order chi connectivity index (χ0) is 17.9. The molecule has 0 bridgehead atoms. The van der Waals surface area contributed by atoms with Gasteiger partial charge in [-0.25, -0.2) is 18.5 Å². The number of sulfonamides is 1. The largest absolute Gasteiger partial charge is 0.473 e. The van der Waals surface area contributed by atoms with Crippen LogP contribution in [0.5, 0.6) is 5.88 Å². The van der Waals surface area contributed by atoms with Gasteiger partial charge in [0.25, 0.3) is 0 Å². The molecule has 1 aromatic rings. The molecule has 2 aliphatic heterocycles. The minimum atomic E-state index is -3.89. The second-order valence-electron chi connectivity index (χ2n) is 6.38. The van der Waals surface area contributed by atoms with Crippen LogP contribution in [0.3, 0.4) is 0 Å². The normalized spacial score (nSPS) is 21.0. The molecule has 3 rings (SSSR count). The second kappa shape index (κ2) is 7.66. The summed E-state index contributed by atoms with van der Waals surface area (Å²) in [4.78, 5) is 6.27. The van der Waals surface area contributed by atoms with Crippen LogP contribution in [-0.2, 0) is 14.8 Å². The van der Waals surface area contributed by atoms with E-state index in [0.29, 0.717) is 6.04 Å². The van der Waals surface area contributed by atoms with Crippen molar-refractivity contribution in [2.45, 2.75) is 42.7 Å². The highest BCUT2D eigenvalue weighted by molar-refractivity contribution is 7.89. The van der Waals surface area contributed by atoms with Gasteiger partial charge in [0.1, 0.15) is 22.6 Å². The third kappa shape index (κ3) is 4.46. The standard InChI is InChI=1S/C16H22N4O4S/c17-10-12-9-15(25(18,21)22)11-19-16(12)24-14-1-5-20(6-2-14)13-3-7-23-8-4-13/h9,11,13-14H,1-8H2,(H2,18,21,22). The fourth-order valence-corrected chi connectivity index (χ4v) is 3.81. The topological polar surface area (TPSA) is 119 Å². The van der Waals surface area contributed by atoms with Crippen molar-refractivity contribution in [2.75, 3.05) is 26.3 Å². The number of hydrogen-bond donors (Lipinski definition) is 1. The molecular weight excluding hydrogens is 344 g/mol. The van der Waals surface area contributed by atoms with E-state index in [1.165, 1.54) is 6.07 Å². The lowest BCUT2D eigenvalue weighted by Gasteiger charge is -2.39. The summed E-state index contributed by atoms with van der Waals surface area (Å²) in [6.45, 7) is 3.53. The summed E-state index contributed by atoms with van der Waals surface area (Å²) < 4.78 is 34.0. The van der Waals surface area contributed by atoms with E-state index in [1.54, 1.807) is 0 Å². The molecule has 8 nitrogen and oxygen atoms in total. The first-order chi connectivity index (χ1) is 12.0. The van der Waals surface area contributed by atoms with E-state index in [1.807, 2.05) is 6.07 Å². The summed E-state index contributed by atoms with van der Waals surface area (Å²) in [7, 11) is -3.89. The highest BCUT2D eigenvalue weighted by Gasteiger charge is 2.28. The predicted octanol–water partition coefficient (Wildman–Crippen LogP) is 0.623. The van der Waals surface area contributed by atoms with Crippen molar-refractivity contribution in [1.29, 1.82) is 5.26 Å². The highest BCUT2D eigenvalue weighted by Crippen LogP contribution is 2.25. The van der Waals surface area contributed by atoms with Gasteiger partial charge in [0, 0.05) is 32.3 Å². The maximum Gasteiger partial charge on any atom is 0.239 e. The Hall–Kier alpha value is -1.73. The third-order valence-electron chi connectivity index (χ3n) is 4.74. The molecule has 0 amide bonds. The van der Waals surface area contributed by atoms with Crippen molar-refractivity contribution in [2.24, 2.45) is 5.14 Å². The number of hydrogen-bond acceptors (Lipinski definition) is 7. The number of rotatable bonds is 4. The van der Waals surface area contributed by atoms with E-state index in [-0.39, 0.29) is 22.4 Å². The SMILES string of the molecule is N#Cc1cc(S(N)(=O)=O)cnc1OC1CCN(C2CCOCC2)CC1. The van der Waals surface area contributed by atoms with Crippen molar-refractivity contribution < 1.29 is 17.9 Å². The Morgan fingerprint density at radius 3 is 2.56 bits per heavy atom. The smallest absolute Gasteiger partial charge is 0.239 e. The Bertz CT molecular complexity index is 748. The Labute approximate surface area is 147 Å². The molecule has 0 atom stereocenters. The second-order valence-corrected chi connectivity index (χ2v) is 7.94. The molecule has 2 aliphatic rings. The van der Waals surface area contributed by atoms with Gasteiger partial charge in [-0.05, 0) is 31.7 Å². The number of pyridine rings is 1. The number of aromatic nitrogens is 1. The van der Waals surface area contributed by atoms with Crippen LogP contribution < -0.4 is 9.88 Å². The van der Waals surface area contributed by atoms with Crippen molar-refractivity contribution >= 4 is 10.0 Å². The predicted molar refractivity (Wildman–Crippen MR) is 89.4 cm³/mol. The molecule has 3 heterocycles. The highest BCUT2D eigenvalue weighted by atomic mass is 32.2.